The van der Waals surface area contributed by atoms with E-state index in [1.165, 1.54) is 31.6 Å². The van der Waals surface area contributed by atoms with Crippen molar-refractivity contribution in [1.82, 2.24) is 0 Å². The molecule has 0 unspecified atom stereocenters. The highest BCUT2D eigenvalue weighted by Gasteiger charge is 2.26. The Morgan fingerprint density at radius 2 is 1.41 bits per heavy atom. The second-order valence-electron chi connectivity index (χ2n) is 8.38. The fourth-order valence-electron chi connectivity index (χ4n) is 4.54. The molecule has 4 aromatic carbocycles. The smallest absolute Gasteiger partial charge is 0.217 e. The lowest BCUT2D eigenvalue weighted by Gasteiger charge is -2.22. The lowest BCUT2D eigenvalue weighted by atomic mass is 10.1. The van der Waals surface area contributed by atoms with E-state index in [2.05, 4.69) is 115 Å². The molecule has 1 aromatic heterocycles. The average Bonchev–Trinajstić information content (AvgIpc) is 3.54. The van der Waals surface area contributed by atoms with Crippen molar-refractivity contribution in [1.29, 1.82) is 0 Å². The van der Waals surface area contributed by atoms with Gasteiger partial charge in [-0.05, 0) is 58.7 Å². The first-order valence-corrected chi connectivity index (χ1v) is 13.7. The number of ether oxygens (including phenoxy) is 1. The van der Waals surface area contributed by atoms with Gasteiger partial charge in [0.25, 0.3) is 0 Å². The molecular formula is C30H24NOPS. The van der Waals surface area contributed by atoms with Gasteiger partial charge in [-0.3, -0.25) is 0 Å². The molecule has 1 aliphatic rings. The summed E-state index contributed by atoms with van der Waals surface area (Å²) < 4.78 is 7.57. The van der Waals surface area contributed by atoms with Crippen molar-refractivity contribution < 1.29 is 4.74 Å². The summed E-state index contributed by atoms with van der Waals surface area (Å²) in [6.45, 7) is 0.627. The molecule has 2 heterocycles. The average molecular weight is 478 g/mol. The van der Waals surface area contributed by atoms with Gasteiger partial charge in [0.15, 0.2) is 0 Å². The van der Waals surface area contributed by atoms with E-state index in [0.717, 1.165) is 17.9 Å². The van der Waals surface area contributed by atoms with Crippen molar-refractivity contribution >= 4 is 51.2 Å². The minimum absolute atomic E-state index is 0.140. The van der Waals surface area contributed by atoms with Crippen LogP contribution in [-0.4, -0.2) is 18.5 Å². The molecule has 0 radical (unpaired) electrons. The molecule has 34 heavy (non-hydrogen) atoms. The normalized spacial score (nSPS) is 15.4. The monoisotopic (exact) mass is 477 g/mol. The highest BCUT2D eigenvalue weighted by molar-refractivity contribution is 7.80. The molecule has 0 aliphatic carbocycles. The van der Waals surface area contributed by atoms with Crippen molar-refractivity contribution in [2.75, 3.05) is 6.61 Å². The van der Waals surface area contributed by atoms with Crippen LogP contribution in [-0.2, 0) is 11.2 Å². The van der Waals surface area contributed by atoms with Crippen molar-refractivity contribution in [3.05, 3.63) is 126 Å². The molecule has 1 atom stereocenters. The first kappa shape index (κ1) is 21.3. The molecule has 0 fully saturated rings. The van der Waals surface area contributed by atoms with E-state index in [-0.39, 0.29) is 6.04 Å². The predicted octanol–water partition coefficient (Wildman–Crippen LogP) is 6.05. The van der Waals surface area contributed by atoms with Gasteiger partial charge in [-0.2, -0.15) is 0 Å². The lowest BCUT2D eigenvalue weighted by Crippen LogP contribution is -2.25. The molecular weight excluding hydrogens is 453 g/mol. The van der Waals surface area contributed by atoms with Gasteiger partial charge in [0.2, 0.25) is 5.90 Å². The Morgan fingerprint density at radius 1 is 0.765 bits per heavy atom. The maximum Gasteiger partial charge on any atom is 0.217 e. The van der Waals surface area contributed by atoms with Crippen LogP contribution in [0.5, 0.6) is 0 Å². The van der Waals surface area contributed by atoms with E-state index in [9.17, 15) is 0 Å². The van der Waals surface area contributed by atoms with Crippen LogP contribution in [0.3, 0.4) is 0 Å². The van der Waals surface area contributed by atoms with E-state index in [1.54, 1.807) is 0 Å². The largest absolute Gasteiger partial charge is 0.475 e. The van der Waals surface area contributed by atoms with Gasteiger partial charge in [-0.25, -0.2) is 4.99 Å². The number of nitrogens with zero attached hydrogens (tertiary/aromatic N) is 1. The summed E-state index contributed by atoms with van der Waals surface area (Å²) >= 11 is 1.81. The number of aliphatic imine (C=N–C) groups is 1. The maximum atomic E-state index is 6.24. The topological polar surface area (TPSA) is 21.6 Å². The molecule has 0 saturated carbocycles. The summed E-state index contributed by atoms with van der Waals surface area (Å²) in [4.78, 5) is 5.08. The molecule has 2 nitrogen and oxygen atoms in total. The van der Waals surface area contributed by atoms with Gasteiger partial charge in [-0.15, -0.1) is 11.3 Å². The van der Waals surface area contributed by atoms with Crippen LogP contribution < -0.4 is 15.9 Å². The summed E-state index contributed by atoms with van der Waals surface area (Å²) in [5, 5.41) is 7.56. The molecule has 4 heteroatoms. The molecule has 6 rings (SSSR count). The van der Waals surface area contributed by atoms with Crippen molar-refractivity contribution in [2.24, 2.45) is 4.99 Å². The Bertz CT molecular complexity index is 1410. The van der Waals surface area contributed by atoms with Gasteiger partial charge in [0.1, 0.15) is 6.61 Å². The molecule has 5 aromatic rings. The van der Waals surface area contributed by atoms with Crippen LogP contribution in [0.15, 0.2) is 120 Å². The first-order chi connectivity index (χ1) is 16.9. The summed E-state index contributed by atoms with van der Waals surface area (Å²) in [6.07, 6.45) is 0.905. The van der Waals surface area contributed by atoms with Gasteiger partial charge in [-0.1, -0.05) is 97.1 Å². The number of benzene rings is 4. The van der Waals surface area contributed by atoms with Crippen LogP contribution in [0, 0.1) is 0 Å². The van der Waals surface area contributed by atoms with E-state index < -0.39 is 7.92 Å². The van der Waals surface area contributed by atoms with Crippen molar-refractivity contribution in [2.45, 2.75) is 12.5 Å². The Balaban J connectivity index is 1.36. The third-order valence-electron chi connectivity index (χ3n) is 6.13. The highest BCUT2D eigenvalue weighted by Crippen LogP contribution is 2.35. The SMILES string of the molecule is c1ccc(P(c2ccccc2)c2ccccc2C2=N[C@@H](Cc3csc4ccccc34)CO2)cc1. The fraction of sp³-hybridized carbons (Fsp3) is 0.100. The number of hydrogen-bond donors (Lipinski definition) is 0. The van der Waals surface area contributed by atoms with Crippen LogP contribution >= 0.6 is 19.3 Å². The minimum Gasteiger partial charge on any atom is -0.475 e. The zero-order valence-corrected chi connectivity index (χ0v) is 20.4. The van der Waals surface area contributed by atoms with Crippen LogP contribution in [0.1, 0.15) is 11.1 Å². The maximum absolute atomic E-state index is 6.24. The second-order valence-corrected chi connectivity index (χ2v) is 11.5. The van der Waals surface area contributed by atoms with Gasteiger partial charge in [0.05, 0.1) is 6.04 Å². The van der Waals surface area contributed by atoms with Crippen LogP contribution in [0.2, 0.25) is 0 Å². The molecule has 166 valence electrons. The lowest BCUT2D eigenvalue weighted by molar-refractivity contribution is 0.317. The Labute approximate surface area is 205 Å². The molecule has 0 amide bonds. The van der Waals surface area contributed by atoms with Crippen molar-refractivity contribution in [3.8, 4) is 0 Å². The number of fused-ring (bicyclic) bond motifs is 1. The summed E-state index contributed by atoms with van der Waals surface area (Å²) in [5.74, 6) is 0.777. The third kappa shape index (κ3) is 4.18. The van der Waals surface area contributed by atoms with E-state index in [0.29, 0.717) is 6.61 Å². The predicted molar refractivity (Wildman–Crippen MR) is 147 cm³/mol. The van der Waals surface area contributed by atoms with Crippen LogP contribution in [0.25, 0.3) is 10.1 Å². The molecule has 0 spiro atoms. The molecule has 0 bridgehead atoms. The highest BCUT2D eigenvalue weighted by atomic mass is 32.1. The van der Waals surface area contributed by atoms with E-state index in [1.807, 2.05) is 11.3 Å². The quantitative estimate of drug-likeness (QED) is 0.273. The zero-order chi connectivity index (χ0) is 22.7. The summed E-state index contributed by atoms with van der Waals surface area (Å²) in [5.41, 5.74) is 2.47. The number of thiophene rings is 1. The summed E-state index contributed by atoms with van der Waals surface area (Å²) in [7, 11) is -0.720. The molecule has 0 saturated heterocycles. The molecule has 1 aliphatic heterocycles. The summed E-state index contributed by atoms with van der Waals surface area (Å²) in [6, 6.07) is 39.0. The first-order valence-electron chi connectivity index (χ1n) is 11.5. The van der Waals surface area contributed by atoms with E-state index in [4.69, 9.17) is 9.73 Å². The second kappa shape index (κ2) is 9.54. The van der Waals surface area contributed by atoms with Gasteiger partial charge >= 0.3 is 0 Å². The van der Waals surface area contributed by atoms with E-state index >= 15 is 0 Å². The van der Waals surface area contributed by atoms with Crippen LogP contribution in [0.4, 0.5) is 0 Å². The Kier molecular flexibility index (Phi) is 5.97. The van der Waals surface area contributed by atoms with Crippen molar-refractivity contribution in [3.63, 3.8) is 0 Å². The van der Waals surface area contributed by atoms with Gasteiger partial charge < -0.3 is 4.74 Å². The third-order valence-corrected chi connectivity index (χ3v) is 9.65. The molecule has 0 N–H and O–H groups in total. The Hall–Kier alpha value is -3.26. The zero-order valence-electron chi connectivity index (χ0n) is 18.7. The van der Waals surface area contributed by atoms with Gasteiger partial charge in [0, 0.05) is 10.3 Å². The number of hydrogen-bond acceptors (Lipinski definition) is 3. The fourth-order valence-corrected chi connectivity index (χ4v) is 7.96. The minimum atomic E-state index is -0.720. The Morgan fingerprint density at radius 3 is 2.18 bits per heavy atom. The number of rotatable bonds is 6. The standard InChI is InChI=1S/C30H24NOPS/c1-3-11-24(12-4-1)33(25-13-5-2-6-14-25)28-17-9-7-16-27(28)30-31-23(20-32-30)19-22-21-34-29-18-10-8-15-26(22)29/h1-18,21,23H,19-20H2/t23-/m0/s1.